The number of amides is 2. The smallest absolute Gasteiger partial charge is 0.233 e. The van der Waals surface area contributed by atoms with Gasteiger partial charge in [0.15, 0.2) is 0 Å². The molecule has 1 aromatic carbocycles. The van der Waals surface area contributed by atoms with Crippen molar-refractivity contribution in [2.45, 2.75) is 32.6 Å². The minimum atomic E-state index is -0.191. The van der Waals surface area contributed by atoms with Crippen LogP contribution < -0.4 is 4.90 Å². The van der Waals surface area contributed by atoms with E-state index in [1.807, 2.05) is 13.0 Å². The molecule has 1 aromatic rings. The molecule has 1 saturated heterocycles. The van der Waals surface area contributed by atoms with Gasteiger partial charge in [0.25, 0.3) is 0 Å². The molecule has 4 heteroatoms. The summed E-state index contributed by atoms with van der Waals surface area (Å²) < 4.78 is 0. The summed E-state index contributed by atoms with van der Waals surface area (Å²) >= 11 is 0. The topological polar surface area (TPSA) is 57.6 Å². The fourth-order valence-electron chi connectivity index (χ4n) is 2.31. The molecule has 1 fully saturated rings. The third-order valence-electron chi connectivity index (χ3n) is 3.28. The first-order chi connectivity index (χ1) is 9.63. The molecule has 2 rings (SSSR count). The zero-order valence-electron chi connectivity index (χ0n) is 11.5. The molecule has 2 amide bonds. The largest absolute Gasteiger partial charge is 0.384 e. The summed E-state index contributed by atoms with van der Waals surface area (Å²) in [5, 5.41) is 8.68. The van der Waals surface area contributed by atoms with Gasteiger partial charge in [-0.2, -0.15) is 0 Å². The van der Waals surface area contributed by atoms with Gasteiger partial charge in [-0.05, 0) is 43.5 Å². The van der Waals surface area contributed by atoms with E-state index in [4.69, 9.17) is 5.11 Å². The molecule has 1 heterocycles. The number of aliphatic hydroxyl groups excluding tert-OH is 1. The minimum Gasteiger partial charge on any atom is -0.384 e. The zero-order valence-corrected chi connectivity index (χ0v) is 11.5. The van der Waals surface area contributed by atoms with Crippen molar-refractivity contribution in [2.24, 2.45) is 0 Å². The Hall–Kier alpha value is -2.12. The van der Waals surface area contributed by atoms with Crippen LogP contribution in [-0.2, 0) is 9.59 Å². The van der Waals surface area contributed by atoms with Crippen LogP contribution in [0.3, 0.4) is 0 Å². The number of anilines is 1. The zero-order chi connectivity index (χ0) is 14.5. The van der Waals surface area contributed by atoms with Gasteiger partial charge in [0.2, 0.25) is 11.8 Å². The maximum absolute atomic E-state index is 12.1. The van der Waals surface area contributed by atoms with Crippen molar-refractivity contribution in [3.05, 3.63) is 29.3 Å². The standard InChI is InChI=1S/C16H17NO3/c1-12-11-13(5-4-10-18)8-9-14(12)17-15(19)6-2-3-7-16(17)20/h8-9,11,18H,2-3,6-7,10H2,1H3. The van der Waals surface area contributed by atoms with E-state index in [-0.39, 0.29) is 18.4 Å². The van der Waals surface area contributed by atoms with Gasteiger partial charge in [0, 0.05) is 18.4 Å². The number of carbonyl (C=O) groups excluding carboxylic acids is 2. The van der Waals surface area contributed by atoms with Crippen LogP contribution in [0.1, 0.15) is 36.8 Å². The predicted octanol–water partition coefficient (Wildman–Crippen LogP) is 1.77. The molecule has 0 saturated carbocycles. The summed E-state index contributed by atoms with van der Waals surface area (Å²) in [6.07, 6.45) is 2.36. The number of carbonyl (C=O) groups is 2. The van der Waals surface area contributed by atoms with E-state index in [2.05, 4.69) is 11.8 Å². The van der Waals surface area contributed by atoms with Gasteiger partial charge < -0.3 is 5.11 Å². The number of hydrogen-bond acceptors (Lipinski definition) is 3. The molecule has 0 aromatic heterocycles. The third kappa shape index (κ3) is 3.06. The van der Waals surface area contributed by atoms with E-state index >= 15 is 0 Å². The van der Waals surface area contributed by atoms with Crippen LogP contribution in [0, 0.1) is 18.8 Å². The molecular weight excluding hydrogens is 254 g/mol. The molecule has 0 radical (unpaired) electrons. The van der Waals surface area contributed by atoms with Crippen molar-refractivity contribution in [1.29, 1.82) is 0 Å². The van der Waals surface area contributed by atoms with E-state index in [0.29, 0.717) is 18.5 Å². The van der Waals surface area contributed by atoms with Gasteiger partial charge in [-0.15, -0.1) is 0 Å². The summed E-state index contributed by atoms with van der Waals surface area (Å²) in [6.45, 7) is 1.66. The van der Waals surface area contributed by atoms with Crippen LogP contribution in [0.15, 0.2) is 18.2 Å². The first kappa shape index (κ1) is 14.3. The number of benzene rings is 1. The number of aryl methyl sites for hydroxylation is 1. The van der Waals surface area contributed by atoms with Crippen LogP contribution in [0.2, 0.25) is 0 Å². The number of nitrogens with zero attached hydrogens (tertiary/aromatic N) is 1. The van der Waals surface area contributed by atoms with E-state index in [9.17, 15) is 9.59 Å². The molecule has 1 aliphatic heterocycles. The lowest BCUT2D eigenvalue weighted by atomic mass is 10.1. The van der Waals surface area contributed by atoms with Crippen molar-refractivity contribution in [2.75, 3.05) is 11.5 Å². The minimum absolute atomic E-state index is 0.134. The lowest BCUT2D eigenvalue weighted by Gasteiger charge is -2.21. The molecule has 0 atom stereocenters. The highest BCUT2D eigenvalue weighted by atomic mass is 16.2. The lowest BCUT2D eigenvalue weighted by Crippen LogP contribution is -2.35. The van der Waals surface area contributed by atoms with Crippen LogP contribution in [-0.4, -0.2) is 23.5 Å². The summed E-state index contributed by atoms with van der Waals surface area (Å²) in [5.74, 6) is 5.12. The van der Waals surface area contributed by atoms with Gasteiger partial charge >= 0.3 is 0 Å². The highest BCUT2D eigenvalue weighted by Gasteiger charge is 2.26. The Kier molecular flexibility index (Phi) is 4.54. The van der Waals surface area contributed by atoms with Crippen LogP contribution >= 0.6 is 0 Å². The molecule has 0 unspecified atom stereocenters. The molecular formula is C16H17NO3. The quantitative estimate of drug-likeness (QED) is 0.625. The molecule has 0 aliphatic carbocycles. The maximum Gasteiger partial charge on any atom is 0.233 e. The number of aliphatic hydroxyl groups is 1. The van der Waals surface area contributed by atoms with Crippen LogP contribution in [0.4, 0.5) is 5.69 Å². The summed E-state index contributed by atoms with van der Waals surface area (Å²) in [7, 11) is 0. The summed E-state index contributed by atoms with van der Waals surface area (Å²) in [5.41, 5.74) is 2.23. The number of rotatable bonds is 1. The SMILES string of the molecule is Cc1cc(C#CCO)ccc1N1C(=O)CCCCC1=O. The summed E-state index contributed by atoms with van der Waals surface area (Å²) in [6, 6.07) is 5.33. The maximum atomic E-state index is 12.1. The average molecular weight is 271 g/mol. The monoisotopic (exact) mass is 271 g/mol. The fourth-order valence-corrected chi connectivity index (χ4v) is 2.31. The van der Waals surface area contributed by atoms with Crippen LogP contribution in [0.5, 0.6) is 0 Å². The number of imide groups is 1. The van der Waals surface area contributed by atoms with E-state index in [1.165, 1.54) is 4.90 Å². The van der Waals surface area contributed by atoms with E-state index in [1.54, 1.807) is 12.1 Å². The Labute approximate surface area is 118 Å². The van der Waals surface area contributed by atoms with Crippen molar-refractivity contribution < 1.29 is 14.7 Å². The fraction of sp³-hybridized carbons (Fsp3) is 0.375. The predicted molar refractivity (Wildman–Crippen MR) is 76.1 cm³/mol. The highest BCUT2D eigenvalue weighted by Crippen LogP contribution is 2.25. The molecule has 0 spiro atoms. The molecule has 0 bridgehead atoms. The summed E-state index contributed by atoms with van der Waals surface area (Å²) in [4.78, 5) is 25.5. The Morgan fingerprint density at radius 1 is 1.20 bits per heavy atom. The van der Waals surface area contributed by atoms with Gasteiger partial charge in [0.05, 0.1) is 5.69 Å². The Morgan fingerprint density at radius 3 is 2.40 bits per heavy atom. The number of hydrogen-bond donors (Lipinski definition) is 1. The van der Waals surface area contributed by atoms with Gasteiger partial charge in [-0.3, -0.25) is 14.5 Å². The third-order valence-corrected chi connectivity index (χ3v) is 3.28. The van der Waals surface area contributed by atoms with Crippen LogP contribution in [0.25, 0.3) is 0 Å². The van der Waals surface area contributed by atoms with E-state index < -0.39 is 0 Å². The van der Waals surface area contributed by atoms with Gasteiger partial charge in [0.1, 0.15) is 6.61 Å². The Morgan fingerprint density at radius 2 is 1.85 bits per heavy atom. The molecule has 104 valence electrons. The highest BCUT2D eigenvalue weighted by molar-refractivity contribution is 6.15. The lowest BCUT2D eigenvalue weighted by molar-refractivity contribution is -0.125. The van der Waals surface area contributed by atoms with Crippen molar-refractivity contribution in [1.82, 2.24) is 0 Å². The average Bonchev–Trinajstić information content (AvgIpc) is 2.59. The second kappa shape index (κ2) is 6.36. The second-order valence-corrected chi connectivity index (χ2v) is 4.79. The molecule has 1 aliphatic rings. The first-order valence-electron chi connectivity index (χ1n) is 6.69. The normalized spacial score (nSPS) is 15.6. The second-order valence-electron chi connectivity index (χ2n) is 4.79. The van der Waals surface area contributed by atoms with E-state index in [0.717, 1.165) is 24.0 Å². The van der Waals surface area contributed by atoms with Crippen molar-refractivity contribution >= 4 is 17.5 Å². The van der Waals surface area contributed by atoms with Crippen molar-refractivity contribution in [3.63, 3.8) is 0 Å². The first-order valence-corrected chi connectivity index (χ1v) is 6.69. The molecule has 1 N–H and O–H groups in total. The van der Waals surface area contributed by atoms with Gasteiger partial charge in [-0.25, -0.2) is 0 Å². The molecule has 4 nitrogen and oxygen atoms in total. The Balaban J connectivity index is 2.36. The van der Waals surface area contributed by atoms with Gasteiger partial charge in [-0.1, -0.05) is 11.8 Å². The van der Waals surface area contributed by atoms with Crippen molar-refractivity contribution in [3.8, 4) is 11.8 Å². The Bertz CT molecular complexity index is 577. The molecule has 20 heavy (non-hydrogen) atoms.